The van der Waals surface area contributed by atoms with Crippen molar-refractivity contribution in [3.05, 3.63) is 88.7 Å². The lowest BCUT2D eigenvalue weighted by Gasteiger charge is -2.47. The van der Waals surface area contributed by atoms with Crippen molar-refractivity contribution in [2.75, 3.05) is 50.8 Å². The second-order valence-corrected chi connectivity index (χ2v) is 10.4. The van der Waals surface area contributed by atoms with E-state index in [1.165, 1.54) is 6.07 Å². The summed E-state index contributed by atoms with van der Waals surface area (Å²) in [6.07, 6.45) is 0.675. The van der Waals surface area contributed by atoms with Gasteiger partial charge in [0, 0.05) is 38.3 Å². The fourth-order valence-electron chi connectivity index (χ4n) is 6.41. The van der Waals surface area contributed by atoms with Gasteiger partial charge in [-0.05, 0) is 67.3 Å². The van der Waals surface area contributed by atoms with Crippen LogP contribution in [0, 0.1) is 5.82 Å². The monoisotopic (exact) mass is 543 g/mol. The summed E-state index contributed by atoms with van der Waals surface area (Å²) >= 11 is 0. The van der Waals surface area contributed by atoms with E-state index in [9.17, 15) is 14.0 Å². The quantitative estimate of drug-likeness (QED) is 0.447. The fraction of sp³-hybridized carbons (Fsp3) is 0.375. The summed E-state index contributed by atoms with van der Waals surface area (Å²) in [5.41, 5.74) is 3.91. The molecule has 0 spiro atoms. The smallest absolute Gasteiger partial charge is 0.254 e. The third-order valence-corrected chi connectivity index (χ3v) is 8.24. The van der Waals surface area contributed by atoms with E-state index in [2.05, 4.69) is 0 Å². The van der Waals surface area contributed by atoms with Gasteiger partial charge in [-0.15, -0.1) is 0 Å². The Kier molecular flexibility index (Phi) is 7.09. The van der Waals surface area contributed by atoms with Crippen molar-refractivity contribution in [2.45, 2.75) is 32.2 Å². The maximum atomic E-state index is 14.4. The summed E-state index contributed by atoms with van der Waals surface area (Å²) in [7, 11) is 0. The number of ether oxygens (including phenoxy) is 2. The summed E-state index contributed by atoms with van der Waals surface area (Å²) in [6.45, 7) is 7.41. The minimum atomic E-state index is -0.555. The zero-order chi connectivity index (χ0) is 27.8. The Morgan fingerprint density at radius 2 is 1.55 bits per heavy atom. The molecule has 2 amide bonds. The molecule has 3 aromatic carbocycles. The summed E-state index contributed by atoms with van der Waals surface area (Å²) in [5.74, 6) is 0.440. The number of benzene rings is 3. The van der Waals surface area contributed by atoms with Crippen LogP contribution in [0.15, 0.2) is 60.7 Å². The Hall–Kier alpha value is -4.07. The molecule has 208 valence electrons. The number of halogens is 1. The van der Waals surface area contributed by atoms with Crippen molar-refractivity contribution in [3.63, 3.8) is 0 Å². The minimum Gasteiger partial charge on any atom is -0.490 e. The van der Waals surface area contributed by atoms with Gasteiger partial charge >= 0.3 is 0 Å². The Bertz CT molecular complexity index is 1440. The number of piperazine rings is 1. The van der Waals surface area contributed by atoms with Crippen LogP contribution in [0.3, 0.4) is 0 Å². The number of carbonyl (C=O) groups is 2. The highest BCUT2D eigenvalue weighted by Gasteiger charge is 2.48. The second-order valence-electron chi connectivity index (χ2n) is 10.4. The SMILES string of the molecule is CCOc1cc2c(cc1OCC)C1C(C(=O)N3CCN(c4ccccc4F)CC3)c3ccccc3C(=O)N1CC2. The van der Waals surface area contributed by atoms with E-state index < -0.39 is 12.0 Å². The molecule has 0 saturated carbocycles. The van der Waals surface area contributed by atoms with Crippen LogP contribution in [0.1, 0.15) is 52.9 Å². The van der Waals surface area contributed by atoms with E-state index in [0.717, 1.165) is 16.7 Å². The van der Waals surface area contributed by atoms with E-state index in [0.29, 0.717) is 75.1 Å². The lowest BCUT2D eigenvalue weighted by Crippen LogP contribution is -2.54. The normalized spacial score (nSPS) is 20.0. The molecule has 3 aliphatic rings. The predicted molar refractivity (Wildman–Crippen MR) is 151 cm³/mol. The van der Waals surface area contributed by atoms with Crippen LogP contribution >= 0.6 is 0 Å². The first-order valence-electron chi connectivity index (χ1n) is 14.1. The summed E-state index contributed by atoms with van der Waals surface area (Å²) < 4.78 is 26.3. The molecular formula is C32H34FN3O4. The summed E-state index contributed by atoms with van der Waals surface area (Å²) in [5, 5.41) is 0. The molecule has 0 aromatic heterocycles. The molecule has 40 heavy (non-hydrogen) atoms. The van der Waals surface area contributed by atoms with Crippen molar-refractivity contribution >= 4 is 17.5 Å². The molecule has 1 saturated heterocycles. The van der Waals surface area contributed by atoms with Crippen LogP contribution in [0.25, 0.3) is 0 Å². The molecule has 0 radical (unpaired) electrons. The third kappa shape index (κ3) is 4.45. The van der Waals surface area contributed by atoms with E-state index >= 15 is 0 Å². The first kappa shape index (κ1) is 26.2. The van der Waals surface area contributed by atoms with Crippen molar-refractivity contribution in [3.8, 4) is 11.5 Å². The van der Waals surface area contributed by atoms with Crippen molar-refractivity contribution in [1.82, 2.24) is 9.80 Å². The molecule has 8 heteroatoms. The number of fused-ring (bicyclic) bond motifs is 4. The third-order valence-electron chi connectivity index (χ3n) is 8.24. The number of para-hydroxylation sites is 1. The largest absolute Gasteiger partial charge is 0.490 e. The van der Waals surface area contributed by atoms with Crippen LogP contribution in [-0.4, -0.2) is 67.6 Å². The van der Waals surface area contributed by atoms with E-state index in [-0.39, 0.29) is 17.6 Å². The van der Waals surface area contributed by atoms with Gasteiger partial charge in [-0.1, -0.05) is 30.3 Å². The molecule has 3 heterocycles. The molecule has 0 bridgehead atoms. The zero-order valence-electron chi connectivity index (χ0n) is 22.9. The van der Waals surface area contributed by atoms with Gasteiger partial charge in [0.05, 0.1) is 30.9 Å². The first-order valence-corrected chi connectivity index (χ1v) is 14.1. The lowest BCUT2D eigenvalue weighted by molar-refractivity contribution is -0.135. The molecule has 7 nitrogen and oxygen atoms in total. The number of carbonyl (C=O) groups excluding carboxylic acids is 2. The van der Waals surface area contributed by atoms with E-state index in [1.807, 2.05) is 71.0 Å². The maximum Gasteiger partial charge on any atom is 0.254 e. The topological polar surface area (TPSA) is 62.3 Å². The van der Waals surface area contributed by atoms with Gasteiger partial charge in [0.2, 0.25) is 5.91 Å². The molecule has 6 rings (SSSR count). The van der Waals surface area contributed by atoms with Gasteiger partial charge in [0.25, 0.3) is 5.91 Å². The highest BCUT2D eigenvalue weighted by molar-refractivity contribution is 6.01. The number of hydrogen-bond donors (Lipinski definition) is 0. The Morgan fingerprint density at radius 1 is 0.875 bits per heavy atom. The first-order chi connectivity index (χ1) is 19.5. The van der Waals surface area contributed by atoms with Crippen LogP contribution in [-0.2, 0) is 11.2 Å². The predicted octanol–water partition coefficient (Wildman–Crippen LogP) is 4.81. The molecule has 2 atom stereocenters. The lowest BCUT2D eigenvalue weighted by atomic mass is 9.75. The fourth-order valence-corrected chi connectivity index (χ4v) is 6.41. The average molecular weight is 544 g/mol. The Morgan fingerprint density at radius 3 is 2.27 bits per heavy atom. The van der Waals surface area contributed by atoms with Crippen LogP contribution in [0.5, 0.6) is 11.5 Å². The minimum absolute atomic E-state index is 0.0113. The molecule has 0 N–H and O–H groups in total. The summed E-state index contributed by atoms with van der Waals surface area (Å²) in [6, 6.07) is 17.8. The van der Waals surface area contributed by atoms with E-state index in [1.54, 1.807) is 12.1 Å². The molecule has 2 unspecified atom stereocenters. The zero-order valence-corrected chi connectivity index (χ0v) is 22.9. The average Bonchev–Trinajstić information content (AvgIpc) is 2.98. The van der Waals surface area contributed by atoms with E-state index in [4.69, 9.17) is 9.47 Å². The highest BCUT2D eigenvalue weighted by Crippen LogP contribution is 2.49. The van der Waals surface area contributed by atoms with Crippen LogP contribution < -0.4 is 14.4 Å². The van der Waals surface area contributed by atoms with Crippen LogP contribution in [0.2, 0.25) is 0 Å². The highest BCUT2D eigenvalue weighted by atomic mass is 19.1. The maximum absolute atomic E-state index is 14.4. The van der Waals surface area contributed by atoms with Crippen molar-refractivity contribution < 1.29 is 23.5 Å². The number of amides is 2. The molecular weight excluding hydrogens is 509 g/mol. The second kappa shape index (κ2) is 10.8. The molecule has 3 aliphatic heterocycles. The molecule has 1 fully saturated rings. The number of nitrogens with zero attached hydrogens (tertiary/aromatic N) is 3. The standard InChI is InChI=1S/C32H34FN3O4/c1-3-39-27-19-21-13-14-36-30(24(21)20-28(27)40-4-2)29(22-9-5-6-10-23(22)31(36)37)32(38)35-17-15-34(16-18-35)26-12-8-7-11-25(26)33/h5-12,19-20,29-30H,3-4,13-18H2,1-2H3. The number of rotatable bonds is 6. The van der Waals surface area contributed by atoms with Crippen molar-refractivity contribution in [1.29, 1.82) is 0 Å². The number of anilines is 1. The summed E-state index contributed by atoms with van der Waals surface area (Å²) in [4.78, 5) is 33.9. The Balaban J connectivity index is 1.37. The number of hydrogen-bond acceptors (Lipinski definition) is 5. The van der Waals surface area contributed by atoms with Gasteiger partial charge in [-0.25, -0.2) is 4.39 Å². The van der Waals surface area contributed by atoms with Gasteiger partial charge in [0.1, 0.15) is 5.82 Å². The molecule has 3 aromatic rings. The molecule has 0 aliphatic carbocycles. The van der Waals surface area contributed by atoms with Gasteiger partial charge in [0.15, 0.2) is 11.5 Å². The van der Waals surface area contributed by atoms with Crippen molar-refractivity contribution in [2.24, 2.45) is 0 Å². The van der Waals surface area contributed by atoms with Gasteiger partial charge < -0.3 is 24.2 Å². The van der Waals surface area contributed by atoms with Crippen LogP contribution in [0.4, 0.5) is 10.1 Å². The van der Waals surface area contributed by atoms with Gasteiger partial charge in [-0.2, -0.15) is 0 Å². The Labute approximate surface area is 234 Å². The van der Waals surface area contributed by atoms with Gasteiger partial charge in [-0.3, -0.25) is 9.59 Å².